The predicted molar refractivity (Wildman–Crippen MR) is 130 cm³/mol. The monoisotopic (exact) mass is 459 g/mol. The van der Waals surface area contributed by atoms with Crippen molar-refractivity contribution in [2.45, 2.75) is 80.1 Å². The molecule has 162 valence electrons. The van der Waals surface area contributed by atoms with Gasteiger partial charge in [-0.2, -0.15) is 0 Å². The number of fused-ring (bicyclic) bond motifs is 1. The minimum absolute atomic E-state index is 0.447. The van der Waals surface area contributed by atoms with Crippen LogP contribution in [0.1, 0.15) is 80.1 Å². The van der Waals surface area contributed by atoms with E-state index in [1.165, 1.54) is 38.5 Å². The summed E-state index contributed by atoms with van der Waals surface area (Å²) in [6.45, 7) is 14.9. The van der Waals surface area contributed by atoms with Crippen molar-refractivity contribution < 1.29 is 0 Å². The van der Waals surface area contributed by atoms with Crippen molar-refractivity contribution in [2.24, 2.45) is 45.5 Å². The lowest BCUT2D eigenvalue weighted by molar-refractivity contribution is -0.130. The van der Waals surface area contributed by atoms with E-state index in [0.29, 0.717) is 22.7 Å². The molecule has 2 nitrogen and oxygen atoms in total. The molecule has 3 rings (SSSR count). The van der Waals surface area contributed by atoms with E-state index in [2.05, 4.69) is 74.2 Å². The van der Waals surface area contributed by atoms with E-state index >= 15 is 0 Å². The molecule has 0 bridgehead atoms. The van der Waals surface area contributed by atoms with Gasteiger partial charge in [-0.25, -0.2) is 0 Å². The maximum atomic E-state index is 4.54. The van der Waals surface area contributed by atoms with Crippen molar-refractivity contribution in [3.8, 4) is 0 Å². The van der Waals surface area contributed by atoms with Gasteiger partial charge in [-0.05, 0) is 78.4 Å². The Morgan fingerprint density at radius 3 is 2.55 bits per heavy atom. The van der Waals surface area contributed by atoms with Gasteiger partial charge in [0, 0.05) is 4.47 Å². The van der Waals surface area contributed by atoms with E-state index in [4.69, 9.17) is 0 Å². The van der Waals surface area contributed by atoms with Crippen LogP contribution in [0.2, 0.25) is 0 Å². The van der Waals surface area contributed by atoms with Gasteiger partial charge in [0.1, 0.15) is 0 Å². The molecule has 2 aliphatic rings. The van der Waals surface area contributed by atoms with E-state index in [-0.39, 0.29) is 0 Å². The molecule has 0 N–H and O–H groups in total. The van der Waals surface area contributed by atoms with Crippen molar-refractivity contribution >= 4 is 27.8 Å². The molecule has 0 heterocycles. The molecule has 0 aliphatic heterocycles. The molecule has 3 heteroatoms. The zero-order valence-corrected chi connectivity index (χ0v) is 20.9. The molecule has 0 radical (unpaired) electrons. The number of hydrogen-bond donors (Lipinski definition) is 0. The molecule has 0 amide bonds. The van der Waals surface area contributed by atoms with Gasteiger partial charge in [0.15, 0.2) is 0 Å². The van der Waals surface area contributed by atoms with Crippen LogP contribution in [-0.2, 0) is 0 Å². The van der Waals surface area contributed by atoms with Crippen LogP contribution in [0.3, 0.4) is 0 Å². The van der Waals surface area contributed by atoms with Crippen LogP contribution < -0.4 is 0 Å². The molecule has 3 unspecified atom stereocenters. The van der Waals surface area contributed by atoms with Gasteiger partial charge in [0.2, 0.25) is 0 Å². The highest BCUT2D eigenvalue weighted by molar-refractivity contribution is 9.10. The van der Waals surface area contributed by atoms with Gasteiger partial charge in [-0.1, -0.05) is 88.5 Å². The SMILES string of the molecule is CC(C)CC1C[C@]2(C)CCCC[C@]2(C)C(C)[C@@H]1C(C)C=N[N-]c1ccccc1Br. The number of rotatable bonds is 6. The summed E-state index contributed by atoms with van der Waals surface area (Å²) in [6.07, 6.45) is 10.5. The molecule has 0 saturated heterocycles. The molecule has 0 spiro atoms. The normalized spacial score (nSPS) is 36.2. The molecule has 1 aromatic rings. The van der Waals surface area contributed by atoms with Crippen LogP contribution in [0.25, 0.3) is 5.43 Å². The molecule has 6 atom stereocenters. The minimum Gasteiger partial charge on any atom is -0.575 e. The van der Waals surface area contributed by atoms with Crippen molar-refractivity contribution in [1.29, 1.82) is 0 Å². The van der Waals surface area contributed by atoms with Crippen LogP contribution in [0, 0.1) is 40.4 Å². The first-order valence-electron chi connectivity index (χ1n) is 11.7. The fourth-order valence-corrected chi connectivity index (χ4v) is 7.18. The summed E-state index contributed by atoms with van der Waals surface area (Å²) in [6, 6.07) is 8.04. The van der Waals surface area contributed by atoms with E-state index in [0.717, 1.165) is 27.9 Å². The van der Waals surface area contributed by atoms with Crippen LogP contribution in [0.4, 0.5) is 5.69 Å². The highest BCUT2D eigenvalue weighted by Gasteiger charge is 2.57. The Hall–Kier alpha value is -0.830. The number of halogens is 1. The first-order valence-corrected chi connectivity index (χ1v) is 12.5. The first kappa shape index (κ1) is 22.8. The first-order chi connectivity index (χ1) is 13.7. The van der Waals surface area contributed by atoms with Crippen LogP contribution in [-0.4, -0.2) is 6.21 Å². The van der Waals surface area contributed by atoms with E-state index in [9.17, 15) is 0 Å². The number of hydrogen-bond acceptors (Lipinski definition) is 1. The van der Waals surface area contributed by atoms with E-state index in [1.807, 2.05) is 24.3 Å². The van der Waals surface area contributed by atoms with Gasteiger partial charge in [0.05, 0.1) is 0 Å². The number of benzene rings is 1. The third kappa shape index (κ3) is 4.60. The summed E-state index contributed by atoms with van der Waals surface area (Å²) in [4.78, 5) is 0. The van der Waals surface area contributed by atoms with Gasteiger partial charge < -0.3 is 10.5 Å². The van der Waals surface area contributed by atoms with Gasteiger partial charge in [0.25, 0.3) is 0 Å². The summed E-state index contributed by atoms with van der Waals surface area (Å²) < 4.78 is 0.999. The lowest BCUT2D eigenvalue weighted by atomic mass is 9.42. The lowest BCUT2D eigenvalue weighted by Gasteiger charge is -2.63. The molecule has 0 aromatic heterocycles. The topological polar surface area (TPSA) is 26.5 Å². The molecular formula is C26H40BrN2-. The highest BCUT2D eigenvalue weighted by atomic mass is 79.9. The maximum Gasteiger partial charge on any atom is 0.00383 e. The summed E-state index contributed by atoms with van der Waals surface area (Å²) in [7, 11) is 0. The van der Waals surface area contributed by atoms with Crippen molar-refractivity contribution in [1.82, 2.24) is 0 Å². The third-order valence-electron chi connectivity index (χ3n) is 8.59. The third-order valence-corrected chi connectivity index (χ3v) is 9.26. The van der Waals surface area contributed by atoms with Crippen LogP contribution in [0.5, 0.6) is 0 Å². The Kier molecular flexibility index (Phi) is 7.18. The largest absolute Gasteiger partial charge is 0.575 e. The zero-order chi connectivity index (χ0) is 21.2. The second-order valence-corrected chi connectivity index (χ2v) is 11.7. The average molecular weight is 461 g/mol. The predicted octanol–water partition coefficient (Wildman–Crippen LogP) is 8.98. The second kappa shape index (κ2) is 9.12. The number of nitrogens with zero attached hydrogens (tertiary/aromatic N) is 2. The average Bonchev–Trinajstić information content (AvgIpc) is 2.64. The second-order valence-electron chi connectivity index (χ2n) is 10.8. The van der Waals surface area contributed by atoms with Crippen molar-refractivity contribution in [3.05, 3.63) is 34.2 Å². The zero-order valence-electron chi connectivity index (χ0n) is 19.3. The van der Waals surface area contributed by atoms with E-state index < -0.39 is 0 Å². The Morgan fingerprint density at radius 2 is 1.86 bits per heavy atom. The van der Waals surface area contributed by atoms with E-state index in [1.54, 1.807) is 0 Å². The maximum absolute atomic E-state index is 4.54. The van der Waals surface area contributed by atoms with Crippen LogP contribution >= 0.6 is 15.9 Å². The van der Waals surface area contributed by atoms with Gasteiger partial charge >= 0.3 is 0 Å². The lowest BCUT2D eigenvalue weighted by Crippen LogP contribution is -2.55. The van der Waals surface area contributed by atoms with Crippen LogP contribution in [0.15, 0.2) is 33.8 Å². The fourth-order valence-electron chi connectivity index (χ4n) is 6.82. The summed E-state index contributed by atoms with van der Waals surface area (Å²) >= 11 is 3.57. The molecular weight excluding hydrogens is 420 g/mol. The standard InChI is InChI=1S/C26H40BrN2/c1-18(2)15-21-16-25(5)13-9-10-14-26(25,6)20(4)24(21)19(3)17-28-29-23-12-8-7-11-22(23)27/h7-8,11-12,17-21,24H,9-10,13-16H2,1-6H3/q-1/t19?,20?,21?,24-,25-,26+/m0/s1. The summed E-state index contributed by atoms with van der Waals surface area (Å²) in [5.74, 6) is 3.39. The fraction of sp³-hybridized carbons (Fsp3) is 0.731. The Balaban J connectivity index is 1.81. The quantitative estimate of drug-likeness (QED) is 0.299. The molecule has 2 saturated carbocycles. The molecule has 29 heavy (non-hydrogen) atoms. The summed E-state index contributed by atoms with van der Waals surface area (Å²) in [5, 5.41) is 4.54. The Labute approximate surface area is 187 Å². The molecule has 2 aliphatic carbocycles. The van der Waals surface area contributed by atoms with Crippen molar-refractivity contribution in [2.75, 3.05) is 0 Å². The van der Waals surface area contributed by atoms with Crippen molar-refractivity contribution in [3.63, 3.8) is 0 Å². The Morgan fingerprint density at radius 1 is 1.17 bits per heavy atom. The highest BCUT2D eigenvalue weighted by Crippen LogP contribution is 2.65. The smallest absolute Gasteiger partial charge is 0.00383 e. The summed E-state index contributed by atoms with van der Waals surface area (Å²) in [5.41, 5.74) is 6.33. The van der Waals surface area contributed by atoms with Gasteiger partial charge in [-0.3, -0.25) is 0 Å². The minimum atomic E-state index is 0.447. The molecule has 2 fully saturated rings. The van der Waals surface area contributed by atoms with Gasteiger partial charge in [-0.15, -0.1) is 5.69 Å². The Bertz CT molecular complexity index is 714. The molecule has 1 aromatic carbocycles.